The zero-order chi connectivity index (χ0) is 20.8. The highest BCUT2D eigenvalue weighted by molar-refractivity contribution is 5.97. The highest BCUT2D eigenvalue weighted by Gasteiger charge is 2.27. The first-order valence-corrected chi connectivity index (χ1v) is 10.8. The van der Waals surface area contributed by atoms with Crippen LogP contribution in [0.3, 0.4) is 0 Å². The first-order chi connectivity index (χ1) is 14.7. The third kappa shape index (κ3) is 4.79. The number of rotatable bonds is 7. The standard InChI is InChI=1S/C25H30N4O/c1-27(25(30)23-14-5-6-15-24(23)29-19-9-16-26-29)22-13-8-18-28(20-22)17-7-12-21-10-3-2-4-11-21/h2-6,9-11,14-16,19,22H,7-8,12-13,17-18,20H2,1H3. The van der Waals surface area contributed by atoms with E-state index in [-0.39, 0.29) is 11.9 Å². The van der Waals surface area contributed by atoms with Crippen LogP contribution in [0.25, 0.3) is 5.69 Å². The van der Waals surface area contributed by atoms with E-state index in [1.807, 2.05) is 48.5 Å². The second kappa shape index (κ2) is 9.72. The average molecular weight is 403 g/mol. The van der Waals surface area contributed by atoms with E-state index in [0.29, 0.717) is 5.56 Å². The molecule has 1 aliphatic rings. The molecule has 1 saturated heterocycles. The minimum absolute atomic E-state index is 0.0669. The quantitative estimate of drug-likeness (QED) is 0.599. The molecule has 0 aliphatic carbocycles. The second-order valence-electron chi connectivity index (χ2n) is 8.07. The molecule has 2 heterocycles. The van der Waals surface area contributed by atoms with Crippen LogP contribution in [0.5, 0.6) is 0 Å². The van der Waals surface area contributed by atoms with Gasteiger partial charge in [-0.05, 0) is 62.5 Å². The van der Waals surface area contributed by atoms with Gasteiger partial charge in [0, 0.05) is 32.0 Å². The molecule has 0 bridgehead atoms. The number of hydrogen-bond donors (Lipinski definition) is 0. The fraction of sp³-hybridized carbons (Fsp3) is 0.360. The molecule has 1 unspecified atom stereocenters. The Labute approximate surface area is 178 Å². The Hall–Kier alpha value is -2.92. The third-order valence-corrected chi connectivity index (χ3v) is 6.02. The van der Waals surface area contributed by atoms with Gasteiger partial charge in [-0.15, -0.1) is 0 Å². The Morgan fingerprint density at radius 1 is 1.10 bits per heavy atom. The largest absolute Gasteiger partial charge is 0.337 e. The monoisotopic (exact) mass is 402 g/mol. The van der Waals surface area contributed by atoms with Gasteiger partial charge in [0.05, 0.1) is 11.3 Å². The van der Waals surface area contributed by atoms with Crippen LogP contribution in [0.15, 0.2) is 73.1 Å². The summed E-state index contributed by atoms with van der Waals surface area (Å²) in [6.07, 6.45) is 8.06. The molecular formula is C25H30N4O. The highest BCUT2D eigenvalue weighted by Crippen LogP contribution is 2.21. The van der Waals surface area contributed by atoms with Crippen molar-refractivity contribution in [1.29, 1.82) is 0 Å². The summed E-state index contributed by atoms with van der Waals surface area (Å²) >= 11 is 0. The molecule has 1 fully saturated rings. The van der Waals surface area contributed by atoms with Gasteiger partial charge in [-0.25, -0.2) is 4.68 Å². The van der Waals surface area contributed by atoms with E-state index in [4.69, 9.17) is 0 Å². The SMILES string of the molecule is CN(C(=O)c1ccccc1-n1cccn1)C1CCCN(CCCc2ccccc2)C1. The predicted octanol–water partition coefficient (Wildman–Crippen LogP) is 4.04. The van der Waals surface area contributed by atoms with Crippen LogP contribution in [0.4, 0.5) is 0 Å². The number of amides is 1. The zero-order valence-corrected chi connectivity index (χ0v) is 17.7. The molecule has 0 N–H and O–H groups in total. The maximum Gasteiger partial charge on any atom is 0.256 e. The molecule has 156 valence electrons. The lowest BCUT2D eigenvalue weighted by Gasteiger charge is -2.38. The minimum Gasteiger partial charge on any atom is -0.337 e. The number of benzene rings is 2. The molecule has 4 rings (SSSR count). The van der Waals surface area contributed by atoms with Crippen LogP contribution in [0, 0.1) is 0 Å². The van der Waals surface area contributed by atoms with Crippen LogP contribution in [-0.4, -0.2) is 58.2 Å². The Balaban J connectivity index is 1.37. The van der Waals surface area contributed by atoms with Crippen molar-refractivity contribution in [3.8, 4) is 5.69 Å². The van der Waals surface area contributed by atoms with Crippen LogP contribution in [0.2, 0.25) is 0 Å². The maximum absolute atomic E-state index is 13.3. The number of aryl methyl sites for hydroxylation is 1. The lowest BCUT2D eigenvalue weighted by atomic mass is 10.0. The van der Waals surface area contributed by atoms with E-state index in [1.165, 1.54) is 5.56 Å². The molecule has 1 amide bonds. The zero-order valence-electron chi connectivity index (χ0n) is 17.7. The van der Waals surface area contributed by atoms with Crippen molar-refractivity contribution in [3.05, 3.63) is 84.2 Å². The van der Waals surface area contributed by atoms with Crippen molar-refractivity contribution in [2.24, 2.45) is 0 Å². The Bertz CT molecular complexity index is 939. The van der Waals surface area contributed by atoms with Crippen LogP contribution < -0.4 is 0 Å². The van der Waals surface area contributed by atoms with E-state index in [0.717, 1.165) is 51.0 Å². The third-order valence-electron chi connectivity index (χ3n) is 6.02. The van der Waals surface area contributed by atoms with Gasteiger partial charge in [0.15, 0.2) is 0 Å². The van der Waals surface area contributed by atoms with E-state index >= 15 is 0 Å². The summed E-state index contributed by atoms with van der Waals surface area (Å²) < 4.78 is 1.76. The summed E-state index contributed by atoms with van der Waals surface area (Å²) in [6, 6.07) is 20.5. The summed E-state index contributed by atoms with van der Waals surface area (Å²) in [4.78, 5) is 17.8. The molecule has 30 heavy (non-hydrogen) atoms. The number of nitrogens with zero attached hydrogens (tertiary/aromatic N) is 4. The van der Waals surface area contributed by atoms with Gasteiger partial charge < -0.3 is 9.80 Å². The molecule has 1 aliphatic heterocycles. The Kier molecular flexibility index (Phi) is 6.60. The lowest BCUT2D eigenvalue weighted by Crippen LogP contribution is -2.48. The Morgan fingerprint density at radius 3 is 2.70 bits per heavy atom. The molecule has 0 saturated carbocycles. The van der Waals surface area contributed by atoms with Crippen LogP contribution in [-0.2, 0) is 6.42 Å². The number of carbonyl (C=O) groups is 1. The molecule has 0 radical (unpaired) electrons. The summed E-state index contributed by atoms with van der Waals surface area (Å²) in [5.74, 6) is 0.0669. The van der Waals surface area contributed by atoms with E-state index < -0.39 is 0 Å². The Morgan fingerprint density at radius 2 is 1.90 bits per heavy atom. The molecular weight excluding hydrogens is 372 g/mol. The molecule has 2 aromatic carbocycles. The van der Waals surface area contributed by atoms with Gasteiger partial charge in [-0.3, -0.25) is 4.79 Å². The van der Waals surface area contributed by atoms with Crippen molar-refractivity contribution in [3.63, 3.8) is 0 Å². The van der Waals surface area contributed by atoms with Crippen molar-refractivity contribution < 1.29 is 4.79 Å². The van der Waals surface area contributed by atoms with Crippen LogP contribution >= 0.6 is 0 Å². The summed E-state index contributed by atoms with van der Waals surface area (Å²) in [5, 5.41) is 4.31. The number of likely N-dealkylation sites (tertiary alicyclic amines) is 1. The molecule has 3 aromatic rings. The van der Waals surface area contributed by atoms with Gasteiger partial charge in [-0.2, -0.15) is 5.10 Å². The number of hydrogen-bond acceptors (Lipinski definition) is 3. The fourth-order valence-corrected chi connectivity index (χ4v) is 4.32. The van der Waals surface area contributed by atoms with Gasteiger partial charge in [0.25, 0.3) is 5.91 Å². The number of likely N-dealkylation sites (N-methyl/N-ethyl adjacent to an activating group) is 1. The topological polar surface area (TPSA) is 41.4 Å². The maximum atomic E-state index is 13.3. The molecule has 5 heteroatoms. The van der Waals surface area contributed by atoms with E-state index in [9.17, 15) is 4.79 Å². The van der Waals surface area contributed by atoms with Crippen molar-refractivity contribution in [1.82, 2.24) is 19.6 Å². The molecule has 0 spiro atoms. The summed E-state index contributed by atoms with van der Waals surface area (Å²) in [5.41, 5.74) is 2.92. The number of piperidine rings is 1. The van der Waals surface area contributed by atoms with Crippen molar-refractivity contribution in [2.45, 2.75) is 31.7 Å². The van der Waals surface area contributed by atoms with E-state index in [2.05, 4.69) is 40.3 Å². The summed E-state index contributed by atoms with van der Waals surface area (Å²) in [7, 11) is 1.94. The van der Waals surface area contributed by atoms with Gasteiger partial charge in [-0.1, -0.05) is 42.5 Å². The van der Waals surface area contributed by atoms with Gasteiger partial charge in [0.2, 0.25) is 0 Å². The molecule has 1 atom stereocenters. The first kappa shape index (κ1) is 20.4. The average Bonchev–Trinajstić information content (AvgIpc) is 3.34. The normalized spacial score (nSPS) is 17.0. The van der Waals surface area contributed by atoms with Gasteiger partial charge >= 0.3 is 0 Å². The minimum atomic E-state index is 0.0669. The molecule has 1 aromatic heterocycles. The highest BCUT2D eigenvalue weighted by atomic mass is 16.2. The number of aromatic nitrogens is 2. The predicted molar refractivity (Wildman–Crippen MR) is 120 cm³/mol. The summed E-state index contributed by atoms with van der Waals surface area (Å²) in [6.45, 7) is 3.15. The van der Waals surface area contributed by atoms with Crippen molar-refractivity contribution >= 4 is 5.91 Å². The molecule has 5 nitrogen and oxygen atoms in total. The van der Waals surface area contributed by atoms with E-state index in [1.54, 1.807) is 10.9 Å². The lowest BCUT2D eigenvalue weighted by molar-refractivity contribution is 0.0617. The fourth-order valence-electron chi connectivity index (χ4n) is 4.32. The number of para-hydroxylation sites is 1. The number of carbonyl (C=O) groups excluding carboxylic acids is 1. The smallest absolute Gasteiger partial charge is 0.256 e. The van der Waals surface area contributed by atoms with Crippen LogP contribution in [0.1, 0.15) is 35.2 Å². The first-order valence-electron chi connectivity index (χ1n) is 10.8. The van der Waals surface area contributed by atoms with Crippen molar-refractivity contribution in [2.75, 3.05) is 26.7 Å². The van der Waals surface area contributed by atoms with Gasteiger partial charge in [0.1, 0.15) is 0 Å². The second-order valence-corrected chi connectivity index (χ2v) is 8.07.